The highest BCUT2D eigenvalue weighted by molar-refractivity contribution is 7.91. The molecule has 1 N–H and O–H groups in total. The fraction of sp³-hybridized carbons (Fsp3) is 0.286. The van der Waals surface area contributed by atoms with Gasteiger partial charge in [0.2, 0.25) is 9.84 Å². The second kappa shape index (κ2) is 7.11. The summed E-state index contributed by atoms with van der Waals surface area (Å²) in [5.74, 6) is -1.18. The largest absolute Gasteiger partial charge is 0.452 e. The predicted octanol–water partition coefficient (Wildman–Crippen LogP) is 2.14. The number of fused-ring (bicyclic) bond motifs is 2. The average molecular weight is 413 g/mol. The first-order valence-corrected chi connectivity index (χ1v) is 10.8. The molecule has 1 aliphatic heterocycles. The van der Waals surface area contributed by atoms with Crippen LogP contribution in [0.25, 0.3) is 0 Å². The summed E-state index contributed by atoms with van der Waals surface area (Å²) >= 11 is 0. The summed E-state index contributed by atoms with van der Waals surface area (Å²) in [6, 6.07) is 9.74. The van der Waals surface area contributed by atoms with Crippen LogP contribution in [0.2, 0.25) is 0 Å². The Balaban J connectivity index is 1.53. The van der Waals surface area contributed by atoms with Crippen molar-refractivity contribution in [1.29, 1.82) is 0 Å². The smallest absolute Gasteiger partial charge is 0.338 e. The van der Waals surface area contributed by atoms with Crippen LogP contribution in [0.1, 0.15) is 46.0 Å². The predicted molar refractivity (Wildman–Crippen MR) is 102 cm³/mol. The molecule has 2 aliphatic rings. The van der Waals surface area contributed by atoms with Gasteiger partial charge in [0.05, 0.1) is 15.4 Å². The van der Waals surface area contributed by atoms with E-state index in [0.717, 1.165) is 18.9 Å². The Morgan fingerprint density at radius 1 is 1.10 bits per heavy atom. The molecule has 0 unspecified atom stereocenters. The third kappa shape index (κ3) is 3.55. The number of benzene rings is 2. The number of carbonyl (C=O) groups excluding carboxylic acids is 3. The molecule has 2 aromatic carbocycles. The molecule has 0 aromatic heterocycles. The summed E-state index contributed by atoms with van der Waals surface area (Å²) in [7, 11) is -3.95. The van der Waals surface area contributed by atoms with E-state index in [0.29, 0.717) is 5.92 Å². The van der Waals surface area contributed by atoms with Crippen molar-refractivity contribution >= 4 is 27.5 Å². The van der Waals surface area contributed by atoms with Crippen molar-refractivity contribution in [1.82, 2.24) is 5.32 Å². The van der Waals surface area contributed by atoms with Gasteiger partial charge in [-0.2, -0.15) is 0 Å². The van der Waals surface area contributed by atoms with Crippen LogP contribution in [0.4, 0.5) is 0 Å². The minimum Gasteiger partial charge on any atom is -0.452 e. The Morgan fingerprint density at radius 2 is 1.79 bits per heavy atom. The van der Waals surface area contributed by atoms with Gasteiger partial charge in [-0.3, -0.25) is 9.59 Å². The van der Waals surface area contributed by atoms with E-state index >= 15 is 0 Å². The van der Waals surface area contributed by atoms with Crippen LogP contribution >= 0.6 is 0 Å². The molecule has 4 rings (SSSR count). The summed E-state index contributed by atoms with van der Waals surface area (Å²) in [6.45, 7) is 1.45. The van der Waals surface area contributed by atoms with E-state index in [1.54, 1.807) is 6.07 Å². The molecular formula is C21H19NO6S. The third-order valence-electron chi connectivity index (χ3n) is 5.22. The highest BCUT2D eigenvalue weighted by Gasteiger charge is 2.35. The molecule has 1 aliphatic carbocycles. The van der Waals surface area contributed by atoms with Gasteiger partial charge in [-0.05, 0) is 56.0 Å². The molecule has 0 spiro atoms. The maximum atomic E-state index is 12.9. The average Bonchev–Trinajstić information content (AvgIpc) is 3.56. The molecule has 0 saturated heterocycles. The van der Waals surface area contributed by atoms with Gasteiger partial charge in [-0.15, -0.1) is 0 Å². The highest BCUT2D eigenvalue weighted by atomic mass is 32.2. The van der Waals surface area contributed by atoms with E-state index < -0.39 is 34.1 Å². The fourth-order valence-electron chi connectivity index (χ4n) is 3.44. The molecule has 7 nitrogen and oxygen atoms in total. The van der Waals surface area contributed by atoms with Crippen LogP contribution in [0.5, 0.6) is 0 Å². The van der Waals surface area contributed by atoms with Crippen molar-refractivity contribution in [2.45, 2.75) is 35.6 Å². The first-order chi connectivity index (χ1) is 13.8. The Hall–Kier alpha value is -3.00. The van der Waals surface area contributed by atoms with Gasteiger partial charge in [0.1, 0.15) is 0 Å². The number of rotatable bonds is 5. The quantitative estimate of drug-likeness (QED) is 0.642. The van der Waals surface area contributed by atoms with Gasteiger partial charge in [-0.1, -0.05) is 12.1 Å². The van der Waals surface area contributed by atoms with Crippen LogP contribution in [-0.2, 0) is 19.4 Å². The standard InChI is InChI=1S/C21H19NO6S/c1-12(13-6-7-13)22-19(23)11-28-21(25)14-8-9-16-18(10-14)29(26,27)17-5-3-2-4-15(17)20(16)24/h2-5,8-10,12-13H,6-7,11H2,1H3,(H,22,23)/t12-/m0/s1. The van der Waals surface area contributed by atoms with Crippen LogP contribution < -0.4 is 5.32 Å². The number of hydrogen-bond acceptors (Lipinski definition) is 6. The summed E-state index contributed by atoms with van der Waals surface area (Å²) in [5.41, 5.74) is 0.0792. The van der Waals surface area contributed by atoms with E-state index in [1.807, 2.05) is 6.92 Å². The van der Waals surface area contributed by atoms with E-state index in [4.69, 9.17) is 4.74 Å². The summed E-state index contributed by atoms with van der Waals surface area (Å²) < 4.78 is 30.8. The maximum absolute atomic E-state index is 12.9. The fourth-order valence-corrected chi connectivity index (χ4v) is 5.11. The normalized spacial score (nSPS) is 17.6. The number of nitrogens with one attached hydrogen (secondary N) is 1. The van der Waals surface area contributed by atoms with Crippen molar-refractivity contribution in [3.8, 4) is 0 Å². The number of amides is 1. The Morgan fingerprint density at radius 3 is 2.52 bits per heavy atom. The van der Waals surface area contributed by atoms with Gasteiger partial charge in [0, 0.05) is 17.2 Å². The topological polar surface area (TPSA) is 107 Å². The van der Waals surface area contributed by atoms with Crippen LogP contribution in [0.3, 0.4) is 0 Å². The molecule has 1 saturated carbocycles. The number of esters is 1. The molecule has 150 valence electrons. The lowest BCUT2D eigenvalue weighted by Gasteiger charge is -2.19. The molecule has 0 radical (unpaired) electrons. The Labute approximate surface area is 168 Å². The molecule has 0 bridgehead atoms. The van der Waals surface area contributed by atoms with Gasteiger partial charge >= 0.3 is 5.97 Å². The van der Waals surface area contributed by atoms with Gasteiger partial charge in [-0.25, -0.2) is 13.2 Å². The molecule has 1 fully saturated rings. The van der Waals surface area contributed by atoms with Crippen LogP contribution in [-0.4, -0.2) is 38.7 Å². The Bertz CT molecular complexity index is 1130. The van der Waals surface area contributed by atoms with Crippen molar-refractivity contribution in [3.63, 3.8) is 0 Å². The number of hydrogen-bond donors (Lipinski definition) is 1. The summed E-state index contributed by atoms with van der Waals surface area (Å²) in [6.07, 6.45) is 2.15. The molecule has 2 aromatic rings. The molecule has 1 atom stereocenters. The van der Waals surface area contributed by atoms with E-state index in [9.17, 15) is 22.8 Å². The Kier molecular flexibility index (Phi) is 4.74. The molecule has 1 amide bonds. The second-order valence-corrected chi connectivity index (χ2v) is 9.20. The van der Waals surface area contributed by atoms with E-state index in [2.05, 4.69) is 5.32 Å². The number of sulfone groups is 1. The van der Waals surface area contributed by atoms with Gasteiger partial charge in [0.15, 0.2) is 12.4 Å². The third-order valence-corrected chi connectivity index (χ3v) is 7.08. The molecule has 1 heterocycles. The zero-order chi connectivity index (χ0) is 20.8. The lowest BCUT2D eigenvalue weighted by molar-refractivity contribution is -0.124. The van der Waals surface area contributed by atoms with E-state index in [1.165, 1.54) is 30.3 Å². The van der Waals surface area contributed by atoms with E-state index in [-0.39, 0.29) is 32.5 Å². The first-order valence-electron chi connectivity index (χ1n) is 9.28. The zero-order valence-corrected chi connectivity index (χ0v) is 16.5. The van der Waals surface area contributed by atoms with Gasteiger partial charge < -0.3 is 10.1 Å². The number of ketones is 1. The molecule has 29 heavy (non-hydrogen) atoms. The minimum absolute atomic E-state index is 0.0104. The van der Waals surface area contributed by atoms with Crippen molar-refractivity contribution in [2.24, 2.45) is 5.92 Å². The number of ether oxygens (including phenoxy) is 1. The first kappa shape index (κ1) is 19.3. The second-order valence-electron chi connectivity index (χ2n) is 7.31. The van der Waals surface area contributed by atoms with Gasteiger partial charge in [0.25, 0.3) is 5.91 Å². The molecule has 8 heteroatoms. The highest BCUT2D eigenvalue weighted by Crippen LogP contribution is 2.35. The zero-order valence-electron chi connectivity index (χ0n) is 15.7. The van der Waals surface area contributed by atoms with Crippen molar-refractivity contribution < 1.29 is 27.5 Å². The summed E-state index contributed by atoms with van der Waals surface area (Å²) in [4.78, 5) is 36.5. The minimum atomic E-state index is -3.95. The van der Waals surface area contributed by atoms with Crippen LogP contribution in [0, 0.1) is 5.92 Å². The maximum Gasteiger partial charge on any atom is 0.338 e. The monoisotopic (exact) mass is 413 g/mol. The van der Waals surface area contributed by atoms with Crippen LogP contribution in [0.15, 0.2) is 52.3 Å². The van der Waals surface area contributed by atoms with Crippen molar-refractivity contribution in [2.75, 3.05) is 6.61 Å². The lowest BCUT2D eigenvalue weighted by Crippen LogP contribution is -2.37. The lowest BCUT2D eigenvalue weighted by atomic mass is 10.0. The SMILES string of the molecule is C[C@H](NC(=O)COC(=O)c1ccc2c(c1)S(=O)(=O)c1ccccc1C2=O)C1CC1. The number of carbonyl (C=O) groups is 3. The summed E-state index contributed by atoms with van der Waals surface area (Å²) in [5, 5.41) is 2.77. The van der Waals surface area contributed by atoms with Crippen molar-refractivity contribution in [3.05, 3.63) is 59.2 Å². The molecular weight excluding hydrogens is 394 g/mol.